The Kier molecular flexibility index (Phi) is 5.17. The molecule has 4 nitrogen and oxygen atoms in total. The first-order valence-electron chi connectivity index (χ1n) is 9.99. The minimum absolute atomic E-state index is 0.107. The van der Waals surface area contributed by atoms with Crippen LogP contribution in [-0.4, -0.2) is 55.5 Å². The number of carbonyl (C=O) groups is 1. The van der Waals surface area contributed by atoms with Gasteiger partial charge in [-0.15, -0.1) is 0 Å². The van der Waals surface area contributed by atoms with Gasteiger partial charge in [-0.05, 0) is 61.7 Å². The summed E-state index contributed by atoms with van der Waals surface area (Å²) in [6.45, 7) is 3.95. The lowest BCUT2D eigenvalue weighted by molar-refractivity contribution is 0.0733. The van der Waals surface area contributed by atoms with Gasteiger partial charge < -0.3 is 9.80 Å². The Morgan fingerprint density at radius 3 is 2.41 bits per heavy atom. The molecule has 2 aromatic carbocycles. The molecule has 0 aliphatic carbocycles. The smallest absolute Gasteiger partial charge is 0.253 e. The molecule has 4 rings (SSSR count). The van der Waals surface area contributed by atoms with Crippen molar-refractivity contribution in [3.63, 3.8) is 0 Å². The minimum atomic E-state index is 0.107. The Balaban J connectivity index is 1.40. The number of likely N-dealkylation sites (N-methyl/N-ethyl adjacent to an activating group) is 2. The molecule has 0 aromatic heterocycles. The topological polar surface area (TPSA) is 26.8 Å². The highest BCUT2D eigenvalue weighted by Crippen LogP contribution is 2.23. The van der Waals surface area contributed by atoms with Crippen molar-refractivity contribution in [3.05, 3.63) is 65.2 Å². The van der Waals surface area contributed by atoms with Crippen molar-refractivity contribution < 1.29 is 4.79 Å². The Bertz CT molecular complexity index is 796. The van der Waals surface area contributed by atoms with E-state index in [-0.39, 0.29) is 5.91 Å². The SMILES string of the molecule is CN(C[C@H]1Cc2ccccc2CN1C)C(=O)c1ccc(N2CCCC2)cc1. The lowest BCUT2D eigenvalue weighted by Gasteiger charge is -2.36. The third kappa shape index (κ3) is 3.86. The summed E-state index contributed by atoms with van der Waals surface area (Å²) in [7, 11) is 4.08. The number of carbonyl (C=O) groups excluding carboxylic acids is 1. The number of benzene rings is 2. The van der Waals surface area contributed by atoms with Crippen LogP contribution in [0.2, 0.25) is 0 Å². The molecule has 2 heterocycles. The first-order valence-corrected chi connectivity index (χ1v) is 9.99. The van der Waals surface area contributed by atoms with Gasteiger partial charge in [0.25, 0.3) is 5.91 Å². The molecule has 1 atom stereocenters. The van der Waals surface area contributed by atoms with Crippen LogP contribution in [0.4, 0.5) is 5.69 Å². The zero-order chi connectivity index (χ0) is 18.8. The van der Waals surface area contributed by atoms with E-state index in [1.54, 1.807) is 0 Å². The molecule has 142 valence electrons. The van der Waals surface area contributed by atoms with E-state index in [1.807, 2.05) is 24.1 Å². The summed E-state index contributed by atoms with van der Waals surface area (Å²) in [4.78, 5) is 19.5. The standard InChI is InChI=1S/C23H29N3O/c1-24-16-20-8-4-3-7-19(20)15-22(24)17-25(2)23(27)18-9-11-21(12-10-18)26-13-5-6-14-26/h3-4,7-12,22H,5-6,13-17H2,1-2H3/t22-/m1/s1. The first kappa shape index (κ1) is 18.1. The Morgan fingerprint density at radius 2 is 1.70 bits per heavy atom. The largest absolute Gasteiger partial charge is 0.372 e. The van der Waals surface area contributed by atoms with Crippen LogP contribution in [0.15, 0.2) is 48.5 Å². The van der Waals surface area contributed by atoms with Crippen LogP contribution in [0.25, 0.3) is 0 Å². The number of fused-ring (bicyclic) bond motifs is 1. The summed E-state index contributed by atoms with van der Waals surface area (Å²) in [5.41, 5.74) is 4.83. The van der Waals surface area contributed by atoms with Gasteiger partial charge in [0.2, 0.25) is 0 Å². The molecular formula is C23H29N3O. The van der Waals surface area contributed by atoms with Gasteiger partial charge in [0.05, 0.1) is 0 Å². The zero-order valence-electron chi connectivity index (χ0n) is 16.4. The maximum absolute atomic E-state index is 12.9. The van der Waals surface area contributed by atoms with E-state index in [2.05, 4.69) is 53.2 Å². The van der Waals surface area contributed by atoms with E-state index >= 15 is 0 Å². The van der Waals surface area contributed by atoms with Crippen molar-refractivity contribution >= 4 is 11.6 Å². The Morgan fingerprint density at radius 1 is 1.04 bits per heavy atom. The fourth-order valence-electron chi connectivity index (χ4n) is 4.33. The molecule has 4 heteroatoms. The summed E-state index contributed by atoms with van der Waals surface area (Å²) >= 11 is 0. The van der Waals surface area contributed by atoms with E-state index < -0.39 is 0 Å². The lowest BCUT2D eigenvalue weighted by Crippen LogP contribution is -2.46. The maximum atomic E-state index is 12.9. The summed E-state index contributed by atoms with van der Waals surface area (Å²) in [5.74, 6) is 0.107. The van der Waals surface area contributed by atoms with Crippen LogP contribution < -0.4 is 4.90 Å². The molecule has 0 unspecified atom stereocenters. The van der Waals surface area contributed by atoms with Crippen LogP contribution in [0.5, 0.6) is 0 Å². The molecule has 0 spiro atoms. The normalized spacial score (nSPS) is 19.8. The fraction of sp³-hybridized carbons (Fsp3) is 0.435. The third-order valence-electron chi connectivity index (χ3n) is 6.03. The third-order valence-corrected chi connectivity index (χ3v) is 6.03. The number of nitrogens with zero attached hydrogens (tertiary/aromatic N) is 3. The second kappa shape index (κ2) is 7.73. The fourth-order valence-corrected chi connectivity index (χ4v) is 4.33. The first-order chi connectivity index (χ1) is 13.1. The van der Waals surface area contributed by atoms with Crippen molar-refractivity contribution in [3.8, 4) is 0 Å². The van der Waals surface area contributed by atoms with Gasteiger partial charge in [0.15, 0.2) is 0 Å². The van der Waals surface area contributed by atoms with Crippen LogP contribution in [0.1, 0.15) is 34.3 Å². The van der Waals surface area contributed by atoms with Gasteiger partial charge >= 0.3 is 0 Å². The molecule has 1 fully saturated rings. The van der Waals surface area contributed by atoms with Gasteiger partial charge in [0.1, 0.15) is 0 Å². The molecule has 0 N–H and O–H groups in total. The zero-order valence-corrected chi connectivity index (χ0v) is 16.4. The number of amides is 1. The van der Waals surface area contributed by atoms with E-state index in [0.29, 0.717) is 6.04 Å². The van der Waals surface area contributed by atoms with Crippen molar-refractivity contribution in [2.75, 3.05) is 38.6 Å². The summed E-state index contributed by atoms with van der Waals surface area (Å²) in [6, 6.07) is 17.1. The number of rotatable bonds is 4. The van der Waals surface area contributed by atoms with Gasteiger partial charge in [-0.1, -0.05) is 24.3 Å². The molecule has 2 aromatic rings. The molecule has 2 aliphatic rings. The molecule has 27 heavy (non-hydrogen) atoms. The van der Waals surface area contributed by atoms with Gasteiger partial charge in [0, 0.05) is 50.5 Å². The van der Waals surface area contributed by atoms with Crippen molar-refractivity contribution in [1.82, 2.24) is 9.80 Å². The van der Waals surface area contributed by atoms with Gasteiger partial charge in [-0.2, -0.15) is 0 Å². The highest BCUT2D eigenvalue weighted by Gasteiger charge is 2.26. The molecule has 2 aliphatic heterocycles. The van der Waals surface area contributed by atoms with E-state index in [1.165, 1.54) is 29.7 Å². The van der Waals surface area contributed by atoms with Crippen LogP contribution >= 0.6 is 0 Å². The highest BCUT2D eigenvalue weighted by molar-refractivity contribution is 5.94. The molecule has 0 saturated carbocycles. The average molecular weight is 364 g/mol. The minimum Gasteiger partial charge on any atom is -0.372 e. The maximum Gasteiger partial charge on any atom is 0.253 e. The molecular weight excluding hydrogens is 334 g/mol. The van der Waals surface area contributed by atoms with Crippen LogP contribution in [0.3, 0.4) is 0 Å². The van der Waals surface area contributed by atoms with Crippen LogP contribution in [0, 0.1) is 0 Å². The van der Waals surface area contributed by atoms with E-state index in [4.69, 9.17) is 0 Å². The van der Waals surface area contributed by atoms with E-state index in [0.717, 1.165) is 38.2 Å². The van der Waals surface area contributed by atoms with Crippen molar-refractivity contribution in [2.45, 2.75) is 31.8 Å². The average Bonchev–Trinajstić information content (AvgIpc) is 3.23. The second-order valence-corrected chi connectivity index (χ2v) is 7.97. The second-order valence-electron chi connectivity index (χ2n) is 7.97. The predicted octanol–water partition coefficient (Wildman–Crippen LogP) is 3.42. The number of hydrogen-bond acceptors (Lipinski definition) is 3. The molecule has 0 radical (unpaired) electrons. The summed E-state index contributed by atoms with van der Waals surface area (Å²) in [6.07, 6.45) is 3.53. The van der Waals surface area contributed by atoms with E-state index in [9.17, 15) is 4.79 Å². The summed E-state index contributed by atoms with van der Waals surface area (Å²) < 4.78 is 0. The monoisotopic (exact) mass is 363 g/mol. The lowest BCUT2D eigenvalue weighted by atomic mass is 9.94. The van der Waals surface area contributed by atoms with Gasteiger partial charge in [-0.3, -0.25) is 9.69 Å². The molecule has 1 saturated heterocycles. The Labute approximate surface area is 162 Å². The highest BCUT2D eigenvalue weighted by atomic mass is 16.2. The van der Waals surface area contributed by atoms with Crippen LogP contribution in [-0.2, 0) is 13.0 Å². The van der Waals surface area contributed by atoms with Crippen molar-refractivity contribution in [2.24, 2.45) is 0 Å². The Hall–Kier alpha value is -2.33. The number of anilines is 1. The molecule has 1 amide bonds. The molecule has 0 bridgehead atoms. The van der Waals surface area contributed by atoms with Crippen molar-refractivity contribution in [1.29, 1.82) is 0 Å². The van der Waals surface area contributed by atoms with Gasteiger partial charge in [-0.25, -0.2) is 0 Å². The quantitative estimate of drug-likeness (QED) is 0.833. The predicted molar refractivity (Wildman–Crippen MR) is 110 cm³/mol. The number of hydrogen-bond donors (Lipinski definition) is 0. The summed E-state index contributed by atoms with van der Waals surface area (Å²) in [5, 5.41) is 0.